The van der Waals surface area contributed by atoms with E-state index in [1.54, 1.807) is 0 Å². The van der Waals surface area contributed by atoms with Gasteiger partial charge < -0.3 is 4.74 Å². The Morgan fingerprint density at radius 3 is 2.81 bits per heavy atom. The van der Waals surface area contributed by atoms with Gasteiger partial charge in [0.2, 0.25) is 10.0 Å². The predicted octanol–water partition coefficient (Wildman–Crippen LogP) is 2.67. The van der Waals surface area contributed by atoms with Crippen LogP contribution in [0.3, 0.4) is 0 Å². The number of methoxy groups -OCH3 is 1. The van der Waals surface area contributed by atoms with Crippen molar-refractivity contribution in [2.24, 2.45) is 5.92 Å². The van der Waals surface area contributed by atoms with Crippen LogP contribution in [0.4, 0.5) is 10.1 Å². The minimum absolute atomic E-state index is 0.116. The number of anilines is 1. The molecule has 1 aromatic carbocycles. The first-order valence-corrected chi connectivity index (χ1v) is 8.73. The van der Waals surface area contributed by atoms with E-state index in [-0.39, 0.29) is 5.69 Å². The van der Waals surface area contributed by atoms with Crippen LogP contribution in [0.2, 0.25) is 0 Å². The predicted molar refractivity (Wildman–Crippen MR) is 79.8 cm³/mol. The maximum absolute atomic E-state index is 13.2. The van der Waals surface area contributed by atoms with Crippen LogP contribution >= 0.6 is 15.9 Å². The molecule has 1 aliphatic carbocycles. The van der Waals surface area contributed by atoms with Gasteiger partial charge in [-0.25, -0.2) is 12.8 Å². The lowest BCUT2D eigenvalue weighted by molar-refractivity contribution is -0.145. The Kier molecular flexibility index (Phi) is 4.88. The van der Waals surface area contributed by atoms with E-state index in [9.17, 15) is 17.6 Å². The Balaban J connectivity index is 2.25. The number of hydrogen-bond acceptors (Lipinski definition) is 4. The van der Waals surface area contributed by atoms with Crippen LogP contribution in [-0.4, -0.2) is 26.7 Å². The highest BCUT2D eigenvalue weighted by Crippen LogP contribution is 2.34. The molecule has 1 aromatic rings. The number of ether oxygens (including phenoxy) is 1. The highest BCUT2D eigenvalue weighted by molar-refractivity contribution is 9.10. The van der Waals surface area contributed by atoms with Crippen LogP contribution in [0.5, 0.6) is 0 Å². The summed E-state index contributed by atoms with van der Waals surface area (Å²) < 4.78 is 45.5. The number of nitrogens with one attached hydrogen (secondary N) is 1. The molecule has 2 unspecified atom stereocenters. The second-order valence-corrected chi connectivity index (χ2v) is 7.62. The smallest absolute Gasteiger partial charge is 0.310 e. The summed E-state index contributed by atoms with van der Waals surface area (Å²) in [5.74, 6) is -1.76. The van der Waals surface area contributed by atoms with Gasteiger partial charge in [0.05, 0.1) is 24.0 Å². The molecule has 5 nitrogen and oxygen atoms in total. The summed E-state index contributed by atoms with van der Waals surface area (Å²) in [6.07, 6.45) is 1.49. The van der Waals surface area contributed by atoms with E-state index in [0.717, 1.165) is 6.07 Å². The third-order valence-corrected chi connectivity index (χ3v) is 6.09. The zero-order valence-electron chi connectivity index (χ0n) is 11.3. The minimum atomic E-state index is -3.80. The van der Waals surface area contributed by atoms with Crippen LogP contribution < -0.4 is 4.72 Å². The van der Waals surface area contributed by atoms with Crippen LogP contribution in [0.1, 0.15) is 19.3 Å². The molecule has 1 fully saturated rings. The normalized spacial score (nSPS) is 22.0. The Morgan fingerprint density at radius 2 is 2.14 bits per heavy atom. The molecule has 1 aliphatic rings. The quantitative estimate of drug-likeness (QED) is 0.816. The van der Waals surface area contributed by atoms with Gasteiger partial charge in [-0.15, -0.1) is 0 Å². The average Bonchev–Trinajstić information content (AvgIpc) is 2.92. The second kappa shape index (κ2) is 6.31. The van der Waals surface area contributed by atoms with E-state index in [1.165, 1.54) is 19.2 Å². The molecular formula is C13H15BrFNO4S. The molecule has 0 radical (unpaired) electrons. The molecule has 2 rings (SSSR count). The van der Waals surface area contributed by atoms with Crippen LogP contribution in [0.25, 0.3) is 0 Å². The third kappa shape index (κ3) is 3.55. The van der Waals surface area contributed by atoms with Crippen molar-refractivity contribution >= 4 is 37.6 Å². The molecule has 0 heterocycles. The molecular weight excluding hydrogens is 365 g/mol. The van der Waals surface area contributed by atoms with Gasteiger partial charge >= 0.3 is 5.97 Å². The molecule has 0 bridgehead atoms. The number of hydrogen-bond donors (Lipinski definition) is 1. The first-order valence-electron chi connectivity index (χ1n) is 6.39. The van der Waals surface area contributed by atoms with Crippen molar-refractivity contribution in [2.45, 2.75) is 24.5 Å². The van der Waals surface area contributed by atoms with Crippen molar-refractivity contribution < 1.29 is 22.3 Å². The van der Waals surface area contributed by atoms with Gasteiger partial charge in [0.15, 0.2) is 0 Å². The second-order valence-electron chi connectivity index (χ2n) is 4.87. The Hall–Kier alpha value is -1.15. The Morgan fingerprint density at radius 1 is 1.43 bits per heavy atom. The van der Waals surface area contributed by atoms with Gasteiger partial charge in [-0.05, 0) is 47.0 Å². The fraction of sp³-hybridized carbons (Fsp3) is 0.462. The van der Waals surface area contributed by atoms with Crippen molar-refractivity contribution in [1.29, 1.82) is 0 Å². The lowest BCUT2D eigenvalue weighted by atomic mass is 10.1. The van der Waals surface area contributed by atoms with E-state index in [2.05, 4.69) is 25.4 Å². The molecule has 8 heteroatoms. The molecule has 0 aliphatic heterocycles. The van der Waals surface area contributed by atoms with Crippen LogP contribution in [0.15, 0.2) is 22.7 Å². The summed E-state index contributed by atoms with van der Waals surface area (Å²) >= 11 is 3.16. The molecule has 1 N–H and O–H groups in total. The summed E-state index contributed by atoms with van der Waals surface area (Å²) in [4.78, 5) is 11.7. The topological polar surface area (TPSA) is 72.5 Å². The van der Waals surface area contributed by atoms with E-state index in [4.69, 9.17) is 0 Å². The zero-order valence-corrected chi connectivity index (χ0v) is 13.7. The van der Waals surface area contributed by atoms with Gasteiger partial charge in [0, 0.05) is 4.47 Å². The molecule has 21 heavy (non-hydrogen) atoms. The molecule has 0 aromatic heterocycles. The number of benzene rings is 1. The average molecular weight is 380 g/mol. The molecule has 1 saturated carbocycles. The Bertz CT molecular complexity index is 650. The number of sulfonamides is 1. The number of carbonyl (C=O) groups excluding carboxylic acids is 1. The number of esters is 1. The summed E-state index contributed by atoms with van der Waals surface area (Å²) in [5, 5.41) is -0.861. The van der Waals surface area contributed by atoms with E-state index in [1.807, 2.05) is 0 Å². The summed E-state index contributed by atoms with van der Waals surface area (Å²) in [6.45, 7) is 0. The third-order valence-electron chi connectivity index (χ3n) is 3.54. The molecule has 116 valence electrons. The first kappa shape index (κ1) is 16.2. The van der Waals surface area contributed by atoms with Crippen LogP contribution in [-0.2, 0) is 19.6 Å². The standard InChI is InChI=1S/C13H15BrFNO4S/c1-20-13(17)9-3-2-4-12(9)21(18,19)16-11-7-8(15)5-6-10(11)14/h5-7,9,12,16H,2-4H2,1H3. The number of rotatable bonds is 4. The largest absolute Gasteiger partial charge is 0.469 e. The van der Waals surface area contributed by atoms with Crippen molar-refractivity contribution in [1.82, 2.24) is 0 Å². The van der Waals surface area contributed by atoms with Gasteiger partial charge in [-0.1, -0.05) is 6.42 Å². The molecule has 0 amide bonds. The van der Waals surface area contributed by atoms with Gasteiger partial charge in [0.1, 0.15) is 5.82 Å². The first-order chi connectivity index (χ1) is 9.85. The monoisotopic (exact) mass is 379 g/mol. The van der Waals surface area contributed by atoms with Gasteiger partial charge in [0.25, 0.3) is 0 Å². The highest BCUT2D eigenvalue weighted by atomic mass is 79.9. The zero-order chi connectivity index (χ0) is 15.6. The Labute approximate surface area is 131 Å². The lowest BCUT2D eigenvalue weighted by Gasteiger charge is -2.19. The minimum Gasteiger partial charge on any atom is -0.469 e. The molecule has 2 atom stereocenters. The van der Waals surface area contributed by atoms with Crippen molar-refractivity contribution in [2.75, 3.05) is 11.8 Å². The van der Waals surface area contributed by atoms with Crippen molar-refractivity contribution in [3.8, 4) is 0 Å². The van der Waals surface area contributed by atoms with Gasteiger partial charge in [-0.3, -0.25) is 9.52 Å². The SMILES string of the molecule is COC(=O)C1CCCC1S(=O)(=O)Nc1cc(F)ccc1Br. The van der Waals surface area contributed by atoms with Gasteiger partial charge in [-0.2, -0.15) is 0 Å². The van der Waals surface area contributed by atoms with Crippen LogP contribution in [0, 0.1) is 11.7 Å². The number of carbonyl (C=O) groups is 1. The highest BCUT2D eigenvalue weighted by Gasteiger charge is 2.42. The van der Waals surface area contributed by atoms with E-state index < -0.39 is 33.0 Å². The fourth-order valence-electron chi connectivity index (χ4n) is 2.52. The molecule has 0 saturated heterocycles. The van der Waals surface area contributed by atoms with E-state index >= 15 is 0 Å². The summed E-state index contributed by atoms with van der Waals surface area (Å²) in [7, 11) is -2.57. The maximum atomic E-state index is 13.2. The summed E-state index contributed by atoms with van der Waals surface area (Å²) in [5.41, 5.74) is 0.116. The van der Waals surface area contributed by atoms with Crippen molar-refractivity contribution in [3.05, 3.63) is 28.5 Å². The molecule has 0 spiro atoms. The fourth-order valence-corrected chi connectivity index (χ4v) is 4.78. The maximum Gasteiger partial charge on any atom is 0.310 e. The van der Waals surface area contributed by atoms with Crippen molar-refractivity contribution in [3.63, 3.8) is 0 Å². The van der Waals surface area contributed by atoms with E-state index in [0.29, 0.717) is 23.7 Å². The number of halogens is 2. The lowest BCUT2D eigenvalue weighted by Crippen LogP contribution is -2.35. The summed E-state index contributed by atoms with van der Waals surface area (Å²) in [6, 6.07) is 3.72.